The van der Waals surface area contributed by atoms with Crippen LogP contribution in [0.25, 0.3) is 0 Å². The highest BCUT2D eigenvalue weighted by atomic mass is 32.2. The third-order valence-corrected chi connectivity index (χ3v) is 10.9. The molecule has 0 atom stereocenters. The summed E-state index contributed by atoms with van der Waals surface area (Å²) in [5.41, 5.74) is 1.65. The Bertz CT molecular complexity index is 2100. The number of nitrogens with one attached hydrogen (secondary N) is 2. The molecule has 2 amide bonds. The summed E-state index contributed by atoms with van der Waals surface area (Å²) in [4.78, 5) is 44.5. The second-order valence-corrected chi connectivity index (χ2v) is 15.4. The first kappa shape index (κ1) is 54.5. The van der Waals surface area contributed by atoms with Crippen molar-refractivity contribution in [1.29, 1.82) is 0 Å². The molecular weight excluding hydrogens is 809 g/mol. The Morgan fingerprint density at radius 1 is 0.410 bits per heavy atom. The molecule has 0 heterocycles. The molecule has 6 aromatic carbocycles. The van der Waals surface area contributed by atoms with Crippen molar-refractivity contribution in [2.75, 3.05) is 14.1 Å². The van der Waals surface area contributed by atoms with Crippen LogP contribution in [0.4, 0.5) is 0 Å². The van der Waals surface area contributed by atoms with Gasteiger partial charge in [-0.05, 0) is 60.7 Å². The zero-order chi connectivity index (χ0) is 46.1. The molecule has 10 nitrogen and oxygen atoms in total. The zero-order valence-corrected chi connectivity index (χ0v) is 37.7. The molecule has 0 radical (unpaired) electrons. The SMILES string of the molecule is CC.CC.CCC.CNC(=O)c1ccccc1C=O.CNC(=O)c1ccccc1C=O.O=S(=O)(c1ccccc1)c1ccccc1.O=S(=O)(c1ccccc1)c1ccccc1. The second-order valence-electron chi connectivity index (χ2n) is 11.5. The maximum Gasteiger partial charge on any atom is 0.251 e. The van der Waals surface area contributed by atoms with Gasteiger partial charge in [0.25, 0.3) is 11.8 Å². The molecule has 0 unspecified atom stereocenters. The van der Waals surface area contributed by atoms with Crippen molar-refractivity contribution in [2.45, 2.75) is 67.5 Å². The van der Waals surface area contributed by atoms with E-state index in [0.717, 1.165) is 0 Å². The van der Waals surface area contributed by atoms with Crippen LogP contribution < -0.4 is 10.6 Å². The van der Waals surface area contributed by atoms with Crippen LogP contribution in [-0.2, 0) is 19.7 Å². The Kier molecular flexibility index (Phi) is 28.1. The van der Waals surface area contributed by atoms with Gasteiger partial charge in [-0.3, -0.25) is 19.2 Å². The first-order chi connectivity index (χ1) is 29.4. The molecule has 0 aliphatic heterocycles. The molecule has 0 aliphatic rings. The Labute approximate surface area is 362 Å². The average molecular weight is 867 g/mol. The highest BCUT2D eigenvalue weighted by molar-refractivity contribution is 7.91. The van der Waals surface area contributed by atoms with E-state index >= 15 is 0 Å². The Morgan fingerprint density at radius 3 is 0.803 bits per heavy atom. The number of sulfone groups is 2. The quantitative estimate of drug-likeness (QED) is 0.143. The molecule has 324 valence electrons. The lowest BCUT2D eigenvalue weighted by molar-refractivity contribution is 0.0951. The lowest BCUT2D eigenvalue weighted by atomic mass is 10.1. The minimum absolute atomic E-state index is 0.238. The Balaban J connectivity index is 0.000000752. The fourth-order valence-corrected chi connectivity index (χ4v) is 7.16. The van der Waals surface area contributed by atoms with E-state index in [0.29, 0.717) is 54.4 Å². The first-order valence-corrected chi connectivity index (χ1v) is 22.6. The molecule has 0 bridgehead atoms. The van der Waals surface area contributed by atoms with Gasteiger partial charge in [-0.25, -0.2) is 16.8 Å². The number of hydrogen-bond acceptors (Lipinski definition) is 8. The van der Waals surface area contributed by atoms with Crippen LogP contribution in [0.5, 0.6) is 0 Å². The van der Waals surface area contributed by atoms with Gasteiger partial charge in [-0.2, -0.15) is 0 Å². The number of aldehydes is 2. The normalized spacial score (nSPS) is 9.57. The van der Waals surface area contributed by atoms with Crippen molar-refractivity contribution in [2.24, 2.45) is 0 Å². The van der Waals surface area contributed by atoms with Crippen LogP contribution in [0.2, 0.25) is 0 Å². The van der Waals surface area contributed by atoms with Gasteiger partial charge >= 0.3 is 0 Å². The standard InChI is InChI=1S/2C12H10O2S.2C9H9NO2.C3H8.2C2H6/c2*13-15(14,11-7-3-1-4-8-11)12-9-5-2-6-10-12;2*1-10-9(12)8-5-3-2-4-7(8)6-11;1-3-2;2*1-2/h2*1-10H;2*2-6H,1H3,(H,10,12);3H2,1-2H3;2*1-2H3. The number of amides is 2. The molecule has 0 aromatic heterocycles. The predicted octanol–water partition coefficient (Wildman–Crippen LogP) is 10.2. The number of carbonyl (C=O) groups excluding carboxylic acids is 4. The van der Waals surface area contributed by atoms with E-state index in [9.17, 15) is 36.0 Å². The van der Waals surface area contributed by atoms with Gasteiger partial charge in [0.1, 0.15) is 0 Å². The molecule has 0 fully saturated rings. The van der Waals surface area contributed by atoms with Crippen molar-refractivity contribution < 1.29 is 36.0 Å². The summed E-state index contributed by atoms with van der Waals surface area (Å²) >= 11 is 0. The minimum Gasteiger partial charge on any atom is -0.355 e. The van der Waals surface area contributed by atoms with Crippen molar-refractivity contribution in [3.05, 3.63) is 192 Å². The third kappa shape index (κ3) is 18.5. The minimum atomic E-state index is -3.34. The fourth-order valence-electron chi connectivity index (χ4n) is 4.55. The van der Waals surface area contributed by atoms with Gasteiger partial charge in [0, 0.05) is 36.3 Å². The second kappa shape index (κ2) is 31.4. The van der Waals surface area contributed by atoms with Gasteiger partial charge in [0.05, 0.1) is 19.6 Å². The van der Waals surface area contributed by atoms with Crippen LogP contribution in [0.1, 0.15) is 89.4 Å². The summed E-state index contributed by atoms with van der Waals surface area (Å²) in [6, 6.07) is 47.0. The summed E-state index contributed by atoms with van der Waals surface area (Å²) in [6.45, 7) is 12.2. The van der Waals surface area contributed by atoms with Crippen LogP contribution >= 0.6 is 0 Å². The number of carbonyl (C=O) groups is 4. The summed E-state index contributed by atoms with van der Waals surface area (Å²) in [7, 11) is -3.61. The molecule has 0 aliphatic carbocycles. The molecule has 0 spiro atoms. The summed E-state index contributed by atoms with van der Waals surface area (Å²) in [6.07, 6.45) is 2.59. The highest BCUT2D eigenvalue weighted by Gasteiger charge is 2.17. The van der Waals surface area contributed by atoms with Crippen LogP contribution in [0.3, 0.4) is 0 Å². The molecular formula is C49H58N2O8S2. The molecule has 2 N–H and O–H groups in total. The Hall–Kier alpha value is -6.50. The third-order valence-electron chi connectivity index (χ3n) is 7.33. The van der Waals surface area contributed by atoms with E-state index in [1.54, 1.807) is 170 Å². The molecule has 6 rings (SSSR count). The zero-order valence-electron chi connectivity index (χ0n) is 36.1. The maximum atomic E-state index is 12.0. The topological polar surface area (TPSA) is 161 Å². The average Bonchev–Trinajstić information content (AvgIpc) is 3.34. The first-order valence-electron chi connectivity index (χ1n) is 19.7. The van der Waals surface area contributed by atoms with Crippen molar-refractivity contribution in [1.82, 2.24) is 10.6 Å². The van der Waals surface area contributed by atoms with Crippen molar-refractivity contribution in [3.63, 3.8) is 0 Å². The molecule has 0 saturated heterocycles. The lowest BCUT2D eigenvalue weighted by Gasteiger charge is -2.03. The van der Waals surface area contributed by atoms with Crippen molar-refractivity contribution in [3.8, 4) is 0 Å². The molecule has 61 heavy (non-hydrogen) atoms. The summed E-state index contributed by atoms with van der Waals surface area (Å²) in [5, 5.41) is 4.92. The van der Waals surface area contributed by atoms with Gasteiger partial charge in [0.15, 0.2) is 12.6 Å². The van der Waals surface area contributed by atoms with Crippen molar-refractivity contribution >= 4 is 44.1 Å². The van der Waals surface area contributed by atoms with E-state index in [-0.39, 0.29) is 11.8 Å². The molecule has 6 aromatic rings. The summed E-state index contributed by atoms with van der Waals surface area (Å²) in [5.74, 6) is -0.476. The highest BCUT2D eigenvalue weighted by Crippen LogP contribution is 2.20. The van der Waals surface area contributed by atoms with Gasteiger partial charge < -0.3 is 10.6 Å². The predicted molar refractivity (Wildman–Crippen MR) is 246 cm³/mol. The van der Waals surface area contributed by atoms with Gasteiger partial charge in [0.2, 0.25) is 19.7 Å². The van der Waals surface area contributed by atoms with Crippen LogP contribution in [0, 0.1) is 0 Å². The smallest absolute Gasteiger partial charge is 0.251 e. The van der Waals surface area contributed by atoms with Gasteiger partial charge in [-0.1, -0.05) is 157 Å². The number of benzene rings is 6. The number of hydrogen-bond donors (Lipinski definition) is 2. The van der Waals surface area contributed by atoms with E-state index < -0.39 is 19.7 Å². The van der Waals surface area contributed by atoms with Crippen LogP contribution in [-0.4, -0.2) is 55.3 Å². The fraction of sp³-hybridized carbons (Fsp3) is 0.184. The van der Waals surface area contributed by atoms with E-state index in [1.807, 2.05) is 27.7 Å². The van der Waals surface area contributed by atoms with E-state index in [1.165, 1.54) is 20.5 Å². The van der Waals surface area contributed by atoms with Crippen LogP contribution in [0.15, 0.2) is 189 Å². The van der Waals surface area contributed by atoms with Gasteiger partial charge in [-0.15, -0.1) is 0 Å². The monoisotopic (exact) mass is 866 g/mol. The lowest BCUT2D eigenvalue weighted by Crippen LogP contribution is -2.19. The summed E-state index contributed by atoms with van der Waals surface area (Å²) < 4.78 is 48.1. The largest absolute Gasteiger partial charge is 0.355 e. The molecule has 12 heteroatoms. The van der Waals surface area contributed by atoms with E-state index in [2.05, 4.69) is 24.5 Å². The maximum absolute atomic E-state index is 12.0. The molecule has 0 saturated carbocycles. The van der Waals surface area contributed by atoms with E-state index in [4.69, 9.17) is 0 Å². The Morgan fingerprint density at radius 2 is 0.607 bits per heavy atom. The number of rotatable bonds is 8.